The highest BCUT2D eigenvalue weighted by Gasteiger charge is 2.31. The van der Waals surface area contributed by atoms with Crippen LogP contribution in [0.5, 0.6) is 0 Å². The molecule has 0 unspecified atom stereocenters. The van der Waals surface area contributed by atoms with Crippen LogP contribution >= 0.6 is 0 Å². The van der Waals surface area contributed by atoms with Crippen molar-refractivity contribution in [2.75, 3.05) is 13.2 Å². The third-order valence-corrected chi connectivity index (χ3v) is 19.5. The summed E-state index contributed by atoms with van der Waals surface area (Å²) in [6, 6.07) is 6.25. The van der Waals surface area contributed by atoms with Crippen LogP contribution in [-0.2, 0) is 28.7 Å². The molecule has 1 aromatic rings. The fraction of sp³-hybridized carbons (Fsp3) is 0.857. The van der Waals surface area contributed by atoms with Crippen molar-refractivity contribution in [2.24, 2.45) is 35.5 Å². The van der Waals surface area contributed by atoms with E-state index in [4.69, 9.17) is 9.47 Å². The summed E-state index contributed by atoms with van der Waals surface area (Å²) >= 11 is 0. The van der Waals surface area contributed by atoms with Crippen LogP contribution in [0.1, 0.15) is 436 Å². The minimum atomic E-state index is -1.06. The third-order valence-electron chi connectivity index (χ3n) is 19.5. The molecular weight excluding hydrogens is 1140 g/mol. The van der Waals surface area contributed by atoms with Gasteiger partial charge in [-0.1, -0.05) is 376 Å². The standard InChI is InChI=1S/C84H150O8/c1-71(2)59-49-41-33-25-17-9-13-21-29-37-45-53-65-79(85)77(80(86)66-54-46-38-30-22-14-10-18-26-34-42-50-60-72(3)4)69-91-83(89)75-63-57-58-64-76(75)84(90)92-70-78(81(87)67-55-47-39-31-23-15-11-19-27-35-43-51-61-73(5)6)82(88)68-56-48-40-32-24-16-12-20-28-36-44-52-62-74(7)8/h57-58,63-64,71-74,77-78H,9-56,59-62,65-70H2,1-8H3. The number of Topliss-reactive ketones (excluding diaryl/α,β-unsaturated/α-hetero) is 4. The van der Waals surface area contributed by atoms with E-state index in [1.807, 2.05) is 0 Å². The largest absolute Gasteiger partial charge is 0.461 e. The molecule has 1 aromatic carbocycles. The lowest BCUT2D eigenvalue weighted by atomic mass is 9.92. The Balaban J connectivity index is 2.91. The Morgan fingerprint density at radius 3 is 0.554 bits per heavy atom. The Morgan fingerprint density at radius 2 is 0.391 bits per heavy atom. The van der Waals surface area contributed by atoms with Crippen LogP contribution in [0.2, 0.25) is 0 Å². The predicted molar refractivity (Wildman–Crippen MR) is 392 cm³/mol. The summed E-state index contributed by atoms with van der Waals surface area (Å²) in [5.74, 6) is -1.28. The van der Waals surface area contributed by atoms with Crippen molar-refractivity contribution in [1.29, 1.82) is 0 Å². The predicted octanol–water partition coefficient (Wildman–Crippen LogP) is 26.0. The van der Waals surface area contributed by atoms with Gasteiger partial charge >= 0.3 is 11.9 Å². The number of unbranched alkanes of at least 4 members (excludes halogenated alkanes) is 44. The van der Waals surface area contributed by atoms with E-state index < -0.39 is 23.8 Å². The van der Waals surface area contributed by atoms with Gasteiger partial charge in [0.15, 0.2) is 0 Å². The average Bonchev–Trinajstić information content (AvgIpc) is 1.55. The van der Waals surface area contributed by atoms with E-state index in [1.165, 1.54) is 243 Å². The minimum absolute atomic E-state index is 0.0390. The quantitative estimate of drug-likeness (QED) is 0.0359. The van der Waals surface area contributed by atoms with Crippen molar-refractivity contribution < 1.29 is 38.2 Å². The summed E-state index contributed by atoms with van der Waals surface area (Å²) in [5, 5.41) is 0. The molecule has 0 saturated carbocycles. The van der Waals surface area contributed by atoms with E-state index in [1.54, 1.807) is 12.1 Å². The molecule has 92 heavy (non-hydrogen) atoms. The van der Waals surface area contributed by atoms with Crippen LogP contribution in [0.15, 0.2) is 24.3 Å². The molecule has 0 fully saturated rings. The molecular formula is C84H150O8. The highest BCUT2D eigenvalue weighted by atomic mass is 16.5. The molecule has 0 atom stereocenters. The summed E-state index contributed by atoms with van der Waals surface area (Å²) < 4.78 is 11.6. The Labute approximate surface area is 569 Å². The van der Waals surface area contributed by atoms with Gasteiger partial charge in [-0.3, -0.25) is 19.2 Å². The number of rotatable bonds is 70. The lowest BCUT2D eigenvalue weighted by Crippen LogP contribution is -2.31. The normalized spacial score (nSPS) is 11.8. The van der Waals surface area contributed by atoms with E-state index in [2.05, 4.69) is 55.4 Å². The van der Waals surface area contributed by atoms with Crippen molar-refractivity contribution in [3.63, 3.8) is 0 Å². The van der Waals surface area contributed by atoms with Crippen LogP contribution in [0.25, 0.3) is 0 Å². The van der Waals surface area contributed by atoms with Crippen molar-refractivity contribution >= 4 is 35.1 Å². The zero-order chi connectivity index (χ0) is 67.3. The average molecular weight is 1290 g/mol. The molecule has 0 aliphatic carbocycles. The second-order valence-corrected chi connectivity index (χ2v) is 30.4. The lowest BCUT2D eigenvalue weighted by Gasteiger charge is -2.17. The van der Waals surface area contributed by atoms with Gasteiger partial charge < -0.3 is 9.47 Å². The highest BCUT2D eigenvalue weighted by molar-refractivity contribution is 6.05. The van der Waals surface area contributed by atoms with Crippen molar-refractivity contribution in [3.8, 4) is 0 Å². The van der Waals surface area contributed by atoms with Gasteiger partial charge in [0.25, 0.3) is 0 Å². The Morgan fingerprint density at radius 1 is 0.239 bits per heavy atom. The molecule has 8 nitrogen and oxygen atoms in total. The molecule has 0 saturated heterocycles. The van der Waals surface area contributed by atoms with E-state index in [9.17, 15) is 28.8 Å². The van der Waals surface area contributed by atoms with Crippen LogP contribution in [0.3, 0.4) is 0 Å². The van der Waals surface area contributed by atoms with Gasteiger partial charge in [-0.25, -0.2) is 9.59 Å². The zero-order valence-corrected chi connectivity index (χ0v) is 62.1. The van der Waals surface area contributed by atoms with Gasteiger partial charge in [0.2, 0.25) is 0 Å². The Bertz CT molecular complexity index is 1680. The SMILES string of the molecule is CC(C)CCCCCCCCCCCCCCC(=O)C(COC(=O)c1ccccc1C(=O)OCC(C(=O)CCCCCCCCCCCCCCC(C)C)C(=O)CCCCCCCCCCCCCCC(C)C)C(=O)CCCCCCCCCCCCCCC(C)C. The number of hydrogen-bond acceptors (Lipinski definition) is 8. The monoisotopic (exact) mass is 1290 g/mol. The van der Waals surface area contributed by atoms with Crippen LogP contribution in [0.4, 0.5) is 0 Å². The summed E-state index contributed by atoms with van der Waals surface area (Å²) in [6.07, 6.45) is 63.5. The molecule has 0 bridgehead atoms. The van der Waals surface area contributed by atoms with E-state index in [0.29, 0.717) is 25.7 Å². The first-order chi connectivity index (χ1) is 44.6. The molecule has 1 rings (SSSR count). The zero-order valence-electron chi connectivity index (χ0n) is 62.1. The summed E-state index contributed by atoms with van der Waals surface area (Å²) in [7, 11) is 0. The lowest BCUT2D eigenvalue weighted by molar-refractivity contribution is -0.136. The van der Waals surface area contributed by atoms with Gasteiger partial charge in [-0.2, -0.15) is 0 Å². The first-order valence-electron chi connectivity index (χ1n) is 40.2. The third kappa shape index (κ3) is 53.0. The number of carbonyl (C=O) groups is 6. The molecule has 0 N–H and O–H groups in total. The maximum absolute atomic E-state index is 14.0. The Kier molecular flexibility index (Phi) is 59.1. The first-order valence-corrected chi connectivity index (χ1v) is 40.2. The smallest absolute Gasteiger partial charge is 0.339 e. The van der Waals surface area contributed by atoms with Crippen molar-refractivity contribution in [2.45, 2.75) is 415 Å². The molecule has 0 spiro atoms. The number of benzene rings is 1. The van der Waals surface area contributed by atoms with Crippen molar-refractivity contribution in [3.05, 3.63) is 35.4 Å². The van der Waals surface area contributed by atoms with Gasteiger partial charge in [0, 0.05) is 25.7 Å². The van der Waals surface area contributed by atoms with Crippen LogP contribution in [0, 0.1) is 35.5 Å². The number of carbonyl (C=O) groups excluding carboxylic acids is 6. The minimum Gasteiger partial charge on any atom is -0.461 e. The van der Waals surface area contributed by atoms with E-state index >= 15 is 0 Å². The summed E-state index contributed by atoms with van der Waals surface area (Å²) in [5.41, 5.74) is -0.0781. The first kappa shape index (κ1) is 86.9. The maximum Gasteiger partial charge on any atom is 0.339 e. The maximum atomic E-state index is 14.0. The fourth-order valence-electron chi connectivity index (χ4n) is 13.2. The van der Waals surface area contributed by atoms with Gasteiger partial charge in [-0.05, 0) is 61.5 Å². The van der Waals surface area contributed by atoms with Crippen molar-refractivity contribution in [1.82, 2.24) is 0 Å². The van der Waals surface area contributed by atoms with E-state index in [0.717, 1.165) is 101 Å². The second-order valence-electron chi connectivity index (χ2n) is 30.4. The number of ether oxygens (including phenoxy) is 2. The van der Waals surface area contributed by atoms with Gasteiger partial charge in [0.05, 0.1) is 11.1 Å². The number of hydrogen-bond donors (Lipinski definition) is 0. The van der Waals surface area contributed by atoms with Gasteiger partial charge in [0.1, 0.15) is 48.2 Å². The summed E-state index contributed by atoms with van der Waals surface area (Å²) in [4.78, 5) is 83.6. The molecule has 0 heterocycles. The van der Waals surface area contributed by atoms with Crippen LogP contribution < -0.4 is 0 Å². The molecule has 534 valence electrons. The van der Waals surface area contributed by atoms with Crippen LogP contribution in [-0.4, -0.2) is 48.3 Å². The van der Waals surface area contributed by atoms with E-state index in [-0.39, 0.29) is 73.2 Å². The molecule has 8 heteroatoms. The summed E-state index contributed by atoms with van der Waals surface area (Å²) in [6.45, 7) is 17.7. The Hall–Kier alpha value is -3.16. The fourth-order valence-corrected chi connectivity index (χ4v) is 13.2. The topological polar surface area (TPSA) is 121 Å². The number of esters is 2. The molecule has 0 amide bonds. The second kappa shape index (κ2) is 62.6. The molecule has 0 aliphatic rings. The van der Waals surface area contributed by atoms with Gasteiger partial charge in [-0.15, -0.1) is 0 Å². The number of ketones is 4. The molecule has 0 aromatic heterocycles. The molecule has 0 aliphatic heterocycles. The highest BCUT2D eigenvalue weighted by Crippen LogP contribution is 2.24. The molecule has 0 radical (unpaired) electrons.